The molecule has 1 aromatic rings. The van der Waals surface area contributed by atoms with Crippen LogP contribution in [0, 0.1) is 11.3 Å². The highest BCUT2D eigenvalue weighted by molar-refractivity contribution is 5.92. The molecular formula is C10H6F3NO2. The number of alkyl halides is 3. The van der Waals surface area contributed by atoms with Gasteiger partial charge in [-0.3, -0.25) is 0 Å². The predicted octanol–water partition coefficient (Wildman–Crippen LogP) is 2.36. The molecule has 3 nitrogen and oxygen atoms in total. The number of hydrogen-bond acceptors (Lipinski definition) is 3. The summed E-state index contributed by atoms with van der Waals surface area (Å²) in [6.45, 7) is 0. The van der Waals surface area contributed by atoms with E-state index in [-0.39, 0.29) is 5.56 Å². The zero-order valence-electron chi connectivity index (χ0n) is 8.13. The molecule has 1 rings (SSSR count). The van der Waals surface area contributed by atoms with Crippen LogP contribution in [0.5, 0.6) is 0 Å². The summed E-state index contributed by atoms with van der Waals surface area (Å²) in [4.78, 5) is 11.1. The van der Waals surface area contributed by atoms with Crippen molar-refractivity contribution >= 4 is 5.97 Å². The Balaban J connectivity index is 3.46. The lowest BCUT2D eigenvalue weighted by Crippen LogP contribution is -2.12. The Bertz CT molecular complexity index is 460. The van der Waals surface area contributed by atoms with Crippen molar-refractivity contribution in [2.24, 2.45) is 0 Å². The lowest BCUT2D eigenvalue weighted by atomic mass is 10.0. The van der Waals surface area contributed by atoms with Gasteiger partial charge in [0.25, 0.3) is 0 Å². The van der Waals surface area contributed by atoms with E-state index in [0.29, 0.717) is 0 Å². The third-order valence-electron chi connectivity index (χ3n) is 1.89. The molecule has 0 fully saturated rings. The molecule has 0 aromatic heterocycles. The molecule has 0 spiro atoms. The van der Waals surface area contributed by atoms with Crippen LogP contribution in [0.25, 0.3) is 0 Å². The number of carbonyl (C=O) groups is 1. The van der Waals surface area contributed by atoms with Crippen LogP contribution in [0.1, 0.15) is 21.5 Å². The Labute approximate surface area is 89.1 Å². The molecule has 0 amide bonds. The maximum Gasteiger partial charge on any atom is 0.417 e. The monoisotopic (exact) mass is 229 g/mol. The summed E-state index contributed by atoms with van der Waals surface area (Å²) in [6, 6.07) is 4.27. The molecule has 0 atom stereocenters. The number of nitrogens with zero attached hydrogens (tertiary/aromatic N) is 1. The largest absolute Gasteiger partial charge is 0.465 e. The zero-order chi connectivity index (χ0) is 12.3. The van der Waals surface area contributed by atoms with Crippen molar-refractivity contribution in [3.05, 3.63) is 34.9 Å². The number of hydrogen-bond donors (Lipinski definition) is 0. The third-order valence-corrected chi connectivity index (χ3v) is 1.89. The van der Waals surface area contributed by atoms with E-state index in [1.807, 2.05) is 0 Å². The van der Waals surface area contributed by atoms with E-state index in [4.69, 9.17) is 5.26 Å². The number of nitriles is 1. The van der Waals surface area contributed by atoms with Crippen LogP contribution >= 0.6 is 0 Å². The van der Waals surface area contributed by atoms with Crippen LogP contribution in [0.3, 0.4) is 0 Å². The number of carbonyl (C=O) groups excluding carboxylic acids is 1. The van der Waals surface area contributed by atoms with E-state index in [1.165, 1.54) is 6.07 Å². The van der Waals surface area contributed by atoms with E-state index in [0.717, 1.165) is 25.3 Å². The zero-order valence-corrected chi connectivity index (χ0v) is 8.13. The van der Waals surface area contributed by atoms with Gasteiger partial charge in [-0.15, -0.1) is 0 Å². The highest BCUT2D eigenvalue weighted by atomic mass is 19.4. The molecule has 84 valence electrons. The van der Waals surface area contributed by atoms with Crippen molar-refractivity contribution in [1.82, 2.24) is 0 Å². The first-order chi connectivity index (χ1) is 7.41. The lowest BCUT2D eigenvalue weighted by molar-refractivity contribution is -0.137. The number of benzene rings is 1. The van der Waals surface area contributed by atoms with Gasteiger partial charge >= 0.3 is 12.1 Å². The number of methoxy groups -OCH3 is 1. The summed E-state index contributed by atoms with van der Waals surface area (Å²) in [5.41, 5.74) is -2.25. The van der Waals surface area contributed by atoms with Gasteiger partial charge in [0.15, 0.2) is 0 Å². The Morgan fingerprint density at radius 3 is 2.50 bits per heavy atom. The fourth-order valence-electron chi connectivity index (χ4n) is 1.19. The second kappa shape index (κ2) is 4.23. The average molecular weight is 229 g/mol. The number of ether oxygens (including phenoxy) is 1. The molecule has 0 aliphatic heterocycles. The van der Waals surface area contributed by atoms with Crippen LogP contribution in [-0.4, -0.2) is 13.1 Å². The van der Waals surface area contributed by atoms with E-state index in [1.54, 1.807) is 0 Å². The lowest BCUT2D eigenvalue weighted by Gasteiger charge is -2.10. The first-order valence-electron chi connectivity index (χ1n) is 4.10. The summed E-state index contributed by atoms with van der Waals surface area (Å²) in [7, 11) is 1.03. The second-order valence-electron chi connectivity index (χ2n) is 2.83. The standard InChI is InChI=1S/C10H6F3NO2/c1-16-9(15)6-3-2-4-8(7(6)5-14)10(11,12)13/h2-4H,1H3. The molecule has 0 heterocycles. The van der Waals surface area contributed by atoms with Gasteiger partial charge in [0, 0.05) is 0 Å². The van der Waals surface area contributed by atoms with Gasteiger partial charge in [-0.2, -0.15) is 18.4 Å². The molecule has 0 saturated carbocycles. The van der Waals surface area contributed by atoms with Crippen molar-refractivity contribution in [3.63, 3.8) is 0 Å². The summed E-state index contributed by atoms with van der Waals surface area (Å²) in [6.07, 6.45) is -4.67. The van der Waals surface area contributed by atoms with Crippen LogP contribution in [0.2, 0.25) is 0 Å². The number of halogens is 3. The summed E-state index contributed by atoms with van der Waals surface area (Å²) < 4.78 is 41.7. The summed E-state index contributed by atoms with van der Waals surface area (Å²) >= 11 is 0. The van der Waals surface area contributed by atoms with Crippen molar-refractivity contribution in [2.75, 3.05) is 7.11 Å². The topological polar surface area (TPSA) is 50.1 Å². The van der Waals surface area contributed by atoms with E-state index in [9.17, 15) is 18.0 Å². The summed E-state index contributed by atoms with van der Waals surface area (Å²) in [5, 5.41) is 8.65. The van der Waals surface area contributed by atoms with Crippen molar-refractivity contribution < 1.29 is 22.7 Å². The van der Waals surface area contributed by atoms with Gasteiger partial charge in [-0.05, 0) is 12.1 Å². The molecule has 0 unspecified atom stereocenters. The van der Waals surface area contributed by atoms with Gasteiger partial charge in [0.2, 0.25) is 0 Å². The van der Waals surface area contributed by atoms with Gasteiger partial charge in [0.1, 0.15) is 6.07 Å². The van der Waals surface area contributed by atoms with E-state index in [2.05, 4.69) is 4.74 Å². The number of esters is 1. The number of rotatable bonds is 1. The quantitative estimate of drug-likeness (QED) is 0.694. The second-order valence-corrected chi connectivity index (χ2v) is 2.83. The van der Waals surface area contributed by atoms with Crippen LogP contribution in [-0.2, 0) is 10.9 Å². The molecule has 0 bridgehead atoms. The minimum atomic E-state index is -4.67. The van der Waals surface area contributed by atoms with Crippen molar-refractivity contribution in [3.8, 4) is 6.07 Å². The average Bonchev–Trinajstić information content (AvgIpc) is 2.25. The first-order valence-corrected chi connectivity index (χ1v) is 4.10. The van der Waals surface area contributed by atoms with Gasteiger partial charge in [-0.25, -0.2) is 4.79 Å². The highest BCUT2D eigenvalue weighted by Gasteiger charge is 2.35. The van der Waals surface area contributed by atoms with Crippen molar-refractivity contribution in [1.29, 1.82) is 5.26 Å². The van der Waals surface area contributed by atoms with Gasteiger partial charge in [0.05, 0.1) is 23.8 Å². The van der Waals surface area contributed by atoms with Crippen LogP contribution in [0.15, 0.2) is 18.2 Å². The van der Waals surface area contributed by atoms with Gasteiger partial charge < -0.3 is 4.74 Å². The molecule has 0 N–H and O–H groups in total. The third kappa shape index (κ3) is 2.14. The van der Waals surface area contributed by atoms with Crippen molar-refractivity contribution in [2.45, 2.75) is 6.18 Å². The Hall–Kier alpha value is -2.03. The molecule has 0 radical (unpaired) electrons. The molecule has 6 heteroatoms. The Morgan fingerprint density at radius 1 is 1.44 bits per heavy atom. The fourth-order valence-corrected chi connectivity index (χ4v) is 1.19. The predicted molar refractivity (Wildman–Crippen MR) is 47.5 cm³/mol. The SMILES string of the molecule is COC(=O)c1cccc(C(F)(F)F)c1C#N. The maximum atomic E-state index is 12.5. The van der Waals surface area contributed by atoms with E-state index < -0.39 is 23.3 Å². The van der Waals surface area contributed by atoms with Crippen LogP contribution < -0.4 is 0 Å². The van der Waals surface area contributed by atoms with Crippen LogP contribution in [0.4, 0.5) is 13.2 Å². The maximum absolute atomic E-state index is 12.5. The Morgan fingerprint density at radius 2 is 2.06 bits per heavy atom. The summed E-state index contributed by atoms with van der Waals surface area (Å²) in [5.74, 6) is -0.970. The fraction of sp³-hybridized carbons (Fsp3) is 0.200. The Kier molecular flexibility index (Phi) is 3.18. The molecule has 0 saturated heterocycles. The highest BCUT2D eigenvalue weighted by Crippen LogP contribution is 2.33. The molecule has 1 aromatic carbocycles. The minimum Gasteiger partial charge on any atom is -0.465 e. The molecular weight excluding hydrogens is 223 g/mol. The van der Waals surface area contributed by atoms with E-state index >= 15 is 0 Å². The molecule has 0 aliphatic carbocycles. The first kappa shape index (κ1) is 12.0. The normalized spacial score (nSPS) is 10.7. The smallest absolute Gasteiger partial charge is 0.417 e. The molecule has 0 aliphatic rings. The molecule has 16 heavy (non-hydrogen) atoms. The van der Waals surface area contributed by atoms with Gasteiger partial charge in [-0.1, -0.05) is 6.07 Å². The minimum absolute atomic E-state index is 0.389.